The maximum Gasteiger partial charge on any atom is 0.238 e. The second kappa shape index (κ2) is 9.49. The van der Waals surface area contributed by atoms with Gasteiger partial charge in [-0.2, -0.15) is 0 Å². The lowest BCUT2D eigenvalue weighted by atomic mass is 10.0. The third kappa shape index (κ3) is 6.05. The predicted octanol–water partition coefficient (Wildman–Crippen LogP) is 5.11. The summed E-state index contributed by atoms with van der Waals surface area (Å²) in [6.45, 7) is 1.07. The van der Waals surface area contributed by atoms with Gasteiger partial charge in [0.1, 0.15) is 0 Å². The number of para-hydroxylation sites is 1. The van der Waals surface area contributed by atoms with Crippen LogP contribution in [0.1, 0.15) is 16.7 Å². The minimum absolute atomic E-state index is 0.00452. The van der Waals surface area contributed by atoms with Crippen molar-refractivity contribution in [2.24, 2.45) is 0 Å². The highest BCUT2D eigenvalue weighted by molar-refractivity contribution is 9.10. The highest BCUT2D eigenvalue weighted by Gasteiger charge is 2.10. The van der Waals surface area contributed by atoms with Gasteiger partial charge in [0.15, 0.2) is 0 Å². The van der Waals surface area contributed by atoms with Gasteiger partial charge < -0.3 is 5.32 Å². The summed E-state index contributed by atoms with van der Waals surface area (Å²) in [5.41, 5.74) is 4.40. The molecule has 0 aliphatic heterocycles. The molecule has 27 heavy (non-hydrogen) atoms. The van der Waals surface area contributed by atoms with Crippen molar-refractivity contribution in [1.82, 2.24) is 4.90 Å². The monoisotopic (exact) mass is 422 g/mol. The molecule has 1 N–H and O–H groups in total. The molecular formula is C23H23BrN2O. The molecule has 3 rings (SSSR count). The first-order valence-corrected chi connectivity index (χ1v) is 9.74. The zero-order chi connectivity index (χ0) is 19.1. The minimum atomic E-state index is -0.00452. The molecular weight excluding hydrogens is 400 g/mol. The van der Waals surface area contributed by atoms with E-state index in [4.69, 9.17) is 0 Å². The maximum absolute atomic E-state index is 12.5. The Morgan fingerprint density at radius 2 is 1.56 bits per heavy atom. The van der Waals surface area contributed by atoms with E-state index in [0.717, 1.165) is 28.7 Å². The minimum Gasteiger partial charge on any atom is -0.325 e. The van der Waals surface area contributed by atoms with Crippen molar-refractivity contribution in [1.29, 1.82) is 0 Å². The smallest absolute Gasteiger partial charge is 0.238 e. The van der Waals surface area contributed by atoms with E-state index in [1.807, 2.05) is 60.5 Å². The normalized spacial score (nSPS) is 10.8. The number of rotatable bonds is 7. The summed E-state index contributed by atoms with van der Waals surface area (Å²) in [6, 6.07) is 26.4. The fourth-order valence-electron chi connectivity index (χ4n) is 3.00. The molecule has 0 atom stereocenters. The van der Waals surface area contributed by atoms with Gasteiger partial charge in [-0.05, 0) is 48.4 Å². The maximum atomic E-state index is 12.5. The number of anilines is 1. The average Bonchev–Trinajstić information content (AvgIpc) is 2.66. The fourth-order valence-corrected chi connectivity index (χ4v) is 3.27. The van der Waals surface area contributed by atoms with Crippen molar-refractivity contribution in [3.63, 3.8) is 0 Å². The quantitative estimate of drug-likeness (QED) is 0.573. The van der Waals surface area contributed by atoms with Crippen LogP contribution in [0.25, 0.3) is 0 Å². The third-order valence-corrected chi connectivity index (χ3v) is 4.84. The van der Waals surface area contributed by atoms with E-state index in [1.165, 1.54) is 11.1 Å². The van der Waals surface area contributed by atoms with Gasteiger partial charge in [0.2, 0.25) is 5.91 Å². The second-order valence-electron chi connectivity index (χ2n) is 6.67. The summed E-state index contributed by atoms with van der Waals surface area (Å²) in [6.07, 6.45) is 0.798. The Morgan fingerprint density at radius 1 is 0.889 bits per heavy atom. The van der Waals surface area contributed by atoms with Crippen LogP contribution in [-0.4, -0.2) is 24.4 Å². The van der Waals surface area contributed by atoms with E-state index >= 15 is 0 Å². The molecule has 3 aromatic carbocycles. The lowest BCUT2D eigenvalue weighted by Gasteiger charge is -2.17. The summed E-state index contributed by atoms with van der Waals surface area (Å²) in [5.74, 6) is -0.00452. The van der Waals surface area contributed by atoms with Crippen LogP contribution in [0.5, 0.6) is 0 Å². The molecule has 0 saturated carbocycles. The van der Waals surface area contributed by atoms with Crippen LogP contribution in [0, 0.1) is 0 Å². The highest BCUT2D eigenvalue weighted by atomic mass is 79.9. The van der Waals surface area contributed by atoms with Gasteiger partial charge >= 0.3 is 0 Å². The van der Waals surface area contributed by atoms with Crippen LogP contribution in [0.15, 0.2) is 83.3 Å². The Bertz CT molecular complexity index is 878. The van der Waals surface area contributed by atoms with Crippen LogP contribution in [-0.2, 0) is 17.8 Å². The van der Waals surface area contributed by atoms with E-state index in [1.54, 1.807) is 0 Å². The van der Waals surface area contributed by atoms with Crippen molar-refractivity contribution >= 4 is 27.5 Å². The highest BCUT2D eigenvalue weighted by Crippen LogP contribution is 2.19. The second-order valence-corrected chi connectivity index (χ2v) is 7.58. The van der Waals surface area contributed by atoms with Gasteiger partial charge in [0.25, 0.3) is 0 Å². The SMILES string of the molecule is CN(CC(=O)Nc1ccccc1Cc1ccccc1)Cc1ccc(Br)cc1. The van der Waals surface area contributed by atoms with Crippen molar-refractivity contribution in [3.05, 3.63) is 100 Å². The molecule has 0 radical (unpaired) electrons. The number of hydrogen-bond acceptors (Lipinski definition) is 2. The zero-order valence-corrected chi connectivity index (χ0v) is 16.9. The van der Waals surface area contributed by atoms with Crippen LogP contribution in [0.4, 0.5) is 5.69 Å². The van der Waals surface area contributed by atoms with Crippen molar-refractivity contribution in [2.45, 2.75) is 13.0 Å². The van der Waals surface area contributed by atoms with Crippen LogP contribution < -0.4 is 5.32 Å². The van der Waals surface area contributed by atoms with Gasteiger partial charge in [-0.25, -0.2) is 0 Å². The first-order valence-electron chi connectivity index (χ1n) is 8.95. The Kier molecular flexibility index (Phi) is 6.80. The lowest BCUT2D eigenvalue weighted by Crippen LogP contribution is -2.30. The molecule has 0 aliphatic carbocycles. The summed E-state index contributed by atoms with van der Waals surface area (Å²) >= 11 is 3.44. The largest absolute Gasteiger partial charge is 0.325 e. The number of carbonyl (C=O) groups excluding carboxylic acids is 1. The number of amides is 1. The molecule has 0 bridgehead atoms. The summed E-state index contributed by atoms with van der Waals surface area (Å²) in [7, 11) is 1.96. The summed E-state index contributed by atoms with van der Waals surface area (Å²) < 4.78 is 1.06. The number of hydrogen-bond donors (Lipinski definition) is 1. The first kappa shape index (κ1) is 19.3. The van der Waals surface area contributed by atoms with Gasteiger partial charge in [0, 0.05) is 16.7 Å². The number of benzene rings is 3. The number of likely N-dealkylation sites (N-methyl/N-ethyl adjacent to an activating group) is 1. The van der Waals surface area contributed by atoms with Crippen molar-refractivity contribution in [3.8, 4) is 0 Å². The third-order valence-electron chi connectivity index (χ3n) is 4.31. The van der Waals surface area contributed by atoms with Crippen molar-refractivity contribution in [2.75, 3.05) is 18.9 Å². The van der Waals surface area contributed by atoms with E-state index in [9.17, 15) is 4.79 Å². The molecule has 3 aromatic rings. The predicted molar refractivity (Wildman–Crippen MR) is 115 cm³/mol. The molecule has 138 valence electrons. The lowest BCUT2D eigenvalue weighted by molar-refractivity contribution is -0.117. The molecule has 1 amide bonds. The number of nitrogens with zero attached hydrogens (tertiary/aromatic N) is 1. The Hall–Kier alpha value is -2.43. The number of carbonyl (C=O) groups is 1. The molecule has 3 nitrogen and oxygen atoms in total. The molecule has 0 saturated heterocycles. The molecule has 0 spiro atoms. The summed E-state index contributed by atoms with van der Waals surface area (Å²) in [4.78, 5) is 14.5. The Balaban J connectivity index is 1.59. The topological polar surface area (TPSA) is 32.3 Å². The van der Waals surface area contributed by atoms with Gasteiger partial charge in [-0.1, -0.05) is 76.6 Å². The average molecular weight is 423 g/mol. The van der Waals surface area contributed by atoms with Crippen molar-refractivity contribution < 1.29 is 4.79 Å². The van der Waals surface area contributed by atoms with Crippen LogP contribution in [0.3, 0.4) is 0 Å². The Morgan fingerprint density at radius 3 is 2.30 bits per heavy atom. The molecule has 0 unspecified atom stereocenters. The van der Waals surface area contributed by atoms with Gasteiger partial charge in [-0.15, -0.1) is 0 Å². The van der Waals surface area contributed by atoms with Gasteiger partial charge in [-0.3, -0.25) is 9.69 Å². The van der Waals surface area contributed by atoms with E-state index < -0.39 is 0 Å². The van der Waals surface area contributed by atoms with Gasteiger partial charge in [0.05, 0.1) is 6.54 Å². The van der Waals surface area contributed by atoms with E-state index in [0.29, 0.717) is 6.54 Å². The van der Waals surface area contributed by atoms with E-state index in [2.05, 4.69) is 51.6 Å². The van der Waals surface area contributed by atoms with E-state index in [-0.39, 0.29) is 5.91 Å². The standard InChI is InChI=1S/C23H23BrN2O/c1-26(16-19-11-13-21(24)14-12-19)17-23(27)25-22-10-6-5-9-20(22)15-18-7-3-2-4-8-18/h2-14H,15-17H2,1H3,(H,25,27). The number of halogens is 1. The molecule has 4 heteroatoms. The molecule has 0 fully saturated rings. The van der Waals surface area contributed by atoms with Crippen LogP contribution >= 0.6 is 15.9 Å². The first-order chi connectivity index (χ1) is 13.1. The zero-order valence-electron chi connectivity index (χ0n) is 15.4. The number of nitrogens with one attached hydrogen (secondary N) is 1. The molecule has 0 aromatic heterocycles. The molecule has 0 aliphatic rings. The van der Waals surface area contributed by atoms with Crippen LogP contribution in [0.2, 0.25) is 0 Å². The molecule has 0 heterocycles. The summed E-state index contributed by atoms with van der Waals surface area (Å²) in [5, 5.41) is 3.07. The Labute approximate surface area is 169 Å². The fraction of sp³-hybridized carbons (Fsp3) is 0.174.